The molecule has 4 heteroatoms. The summed E-state index contributed by atoms with van der Waals surface area (Å²) < 4.78 is 4.80. The predicted molar refractivity (Wildman–Crippen MR) is 69.1 cm³/mol. The molecule has 0 aromatic heterocycles. The lowest BCUT2D eigenvalue weighted by Gasteiger charge is -2.09. The van der Waals surface area contributed by atoms with Gasteiger partial charge in [-0.05, 0) is 0 Å². The Morgan fingerprint density at radius 1 is 1.28 bits per heavy atom. The summed E-state index contributed by atoms with van der Waals surface area (Å²) in [6.07, 6.45) is 1.65. The van der Waals surface area contributed by atoms with Crippen LogP contribution in [0.25, 0.3) is 0 Å². The van der Waals surface area contributed by atoms with E-state index in [2.05, 4.69) is 6.58 Å². The van der Waals surface area contributed by atoms with Crippen LogP contribution in [0.15, 0.2) is 43.0 Å². The van der Waals surface area contributed by atoms with Crippen LogP contribution in [0.4, 0.5) is 0 Å². The summed E-state index contributed by atoms with van der Waals surface area (Å²) in [5, 5.41) is 0. The lowest BCUT2D eigenvalue weighted by atomic mass is 10.0. The van der Waals surface area contributed by atoms with Gasteiger partial charge in [-0.1, -0.05) is 43.0 Å². The number of hydrogen-bond acceptors (Lipinski definition) is 4. The summed E-state index contributed by atoms with van der Waals surface area (Å²) in [6, 6.07) is 8.35. The van der Waals surface area contributed by atoms with E-state index in [0.29, 0.717) is 5.56 Å². The van der Waals surface area contributed by atoms with Crippen LogP contribution in [0.5, 0.6) is 0 Å². The molecule has 0 fully saturated rings. The summed E-state index contributed by atoms with van der Waals surface area (Å²) >= 11 is 0. The van der Waals surface area contributed by atoms with Crippen molar-refractivity contribution in [1.82, 2.24) is 0 Å². The number of ether oxygens (including phenoxy) is 1. The molecule has 0 aliphatic carbocycles. The number of nitrogens with two attached hydrogens (primary N) is 1. The van der Waals surface area contributed by atoms with Crippen LogP contribution < -0.4 is 5.73 Å². The zero-order valence-corrected chi connectivity index (χ0v) is 10.2. The van der Waals surface area contributed by atoms with E-state index in [0.717, 1.165) is 0 Å². The van der Waals surface area contributed by atoms with Crippen LogP contribution in [0.3, 0.4) is 0 Å². The van der Waals surface area contributed by atoms with E-state index in [1.54, 1.807) is 24.3 Å². The van der Waals surface area contributed by atoms with Crippen LogP contribution in [0.2, 0.25) is 0 Å². The largest absolute Gasteiger partial charge is 0.461 e. The molecule has 1 rings (SSSR count). The molecular weight excluding hydrogens is 230 g/mol. The average molecular weight is 247 g/mol. The Balaban J connectivity index is 2.40. The minimum Gasteiger partial charge on any atom is -0.461 e. The first-order valence-electron chi connectivity index (χ1n) is 5.74. The number of carbonyl (C=O) groups is 2. The summed E-state index contributed by atoms with van der Waals surface area (Å²) in [5.74, 6) is -0.483. The molecule has 0 saturated heterocycles. The van der Waals surface area contributed by atoms with Crippen LogP contribution in [-0.2, 0) is 9.53 Å². The quantitative estimate of drug-likeness (QED) is 0.452. The van der Waals surface area contributed by atoms with Gasteiger partial charge in [0.15, 0.2) is 5.78 Å². The van der Waals surface area contributed by atoms with Crippen molar-refractivity contribution in [3.63, 3.8) is 0 Å². The number of carbonyl (C=O) groups excluding carboxylic acids is 2. The minimum atomic E-state index is -0.518. The van der Waals surface area contributed by atoms with E-state index in [1.165, 1.54) is 6.08 Å². The molecule has 2 N–H and O–H groups in total. The van der Waals surface area contributed by atoms with E-state index < -0.39 is 12.0 Å². The van der Waals surface area contributed by atoms with Crippen LogP contribution >= 0.6 is 0 Å². The fourth-order valence-corrected chi connectivity index (χ4v) is 1.48. The Morgan fingerprint density at radius 3 is 2.56 bits per heavy atom. The molecule has 1 unspecified atom stereocenters. The van der Waals surface area contributed by atoms with Crippen molar-refractivity contribution in [1.29, 1.82) is 0 Å². The number of benzene rings is 1. The summed E-state index contributed by atoms with van der Waals surface area (Å²) in [5.41, 5.74) is 6.34. The van der Waals surface area contributed by atoms with Gasteiger partial charge >= 0.3 is 5.97 Å². The maximum absolute atomic E-state index is 11.8. The van der Waals surface area contributed by atoms with Gasteiger partial charge in [0, 0.05) is 18.0 Å². The SMILES string of the molecule is C=CCOC(=O)CC(N)CC(=O)c1ccccc1. The van der Waals surface area contributed by atoms with Gasteiger partial charge in [-0.3, -0.25) is 9.59 Å². The molecule has 96 valence electrons. The second kappa shape index (κ2) is 7.40. The summed E-state index contributed by atoms with van der Waals surface area (Å²) in [7, 11) is 0. The van der Waals surface area contributed by atoms with Crippen molar-refractivity contribution in [3.05, 3.63) is 48.6 Å². The molecule has 0 spiro atoms. The molecule has 0 aliphatic rings. The summed E-state index contributed by atoms with van der Waals surface area (Å²) in [6.45, 7) is 3.60. The van der Waals surface area contributed by atoms with Crippen LogP contribution in [-0.4, -0.2) is 24.4 Å². The topological polar surface area (TPSA) is 69.4 Å². The molecular formula is C14H17NO3. The molecule has 0 aliphatic heterocycles. The molecule has 18 heavy (non-hydrogen) atoms. The Kier molecular flexibility index (Phi) is 5.80. The van der Waals surface area contributed by atoms with E-state index in [-0.39, 0.29) is 25.2 Å². The lowest BCUT2D eigenvalue weighted by Crippen LogP contribution is -2.27. The van der Waals surface area contributed by atoms with Crippen molar-refractivity contribution in [2.24, 2.45) is 5.73 Å². The molecule has 1 aromatic carbocycles. The predicted octanol–water partition coefficient (Wildman–Crippen LogP) is 1.71. The van der Waals surface area contributed by atoms with Gasteiger partial charge in [0.1, 0.15) is 6.61 Å². The summed E-state index contributed by atoms with van der Waals surface area (Å²) in [4.78, 5) is 23.1. The van der Waals surface area contributed by atoms with Gasteiger partial charge in [0.2, 0.25) is 0 Å². The van der Waals surface area contributed by atoms with Crippen molar-refractivity contribution in [3.8, 4) is 0 Å². The van der Waals surface area contributed by atoms with E-state index >= 15 is 0 Å². The number of ketones is 1. The van der Waals surface area contributed by atoms with Gasteiger partial charge in [-0.25, -0.2) is 0 Å². The van der Waals surface area contributed by atoms with E-state index in [1.807, 2.05) is 6.07 Å². The lowest BCUT2D eigenvalue weighted by molar-refractivity contribution is -0.142. The maximum Gasteiger partial charge on any atom is 0.307 e. The normalized spacial score (nSPS) is 11.6. The van der Waals surface area contributed by atoms with Crippen molar-refractivity contribution < 1.29 is 14.3 Å². The fraction of sp³-hybridized carbons (Fsp3) is 0.286. The van der Waals surface area contributed by atoms with Gasteiger partial charge in [0.05, 0.1) is 6.42 Å². The third-order valence-electron chi connectivity index (χ3n) is 2.33. The van der Waals surface area contributed by atoms with Crippen molar-refractivity contribution >= 4 is 11.8 Å². The second-order valence-corrected chi connectivity index (χ2v) is 3.93. The molecule has 4 nitrogen and oxygen atoms in total. The van der Waals surface area contributed by atoms with E-state index in [9.17, 15) is 9.59 Å². The standard InChI is InChI=1S/C14H17NO3/c1-2-8-18-14(17)10-12(15)9-13(16)11-6-4-3-5-7-11/h2-7,12H,1,8-10,15H2. The molecule has 0 amide bonds. The van der Waals surface area contributed by atoms with Gasteiger partial charge < -0.3 is 10.5 Å². The highest BCUT2D eigenvalue weighted by Crippen LogP contribution is 2.06. The highest BCUT2D eigenvalue weighted by Gasteiger charge is 2.15. The van der Waals surface area contributed by atoms with Gasteiger partial charge in [-0.2, -0.15) is 0 Å². The molecule has 0 bridgehead atoms. The highest BCUT2D eigenvalue weighted by atomic mass is 16.5. The van der Waals surface area contributed by atoms with Crippen LogP contribution in [0, 0.1) is 0 Å². The highest BCUT2D eigenvalue weighted by molar-refractivity contribution is 5.96. The van der Waals surface area contributed by atoms with E-state index in [4.69, 9.17) is 10.5 Å². The molecule has 1 atom stereocenters. The number of Topliss-reactive ketones (excluding diaryl/α,β-unsaturated/α-hetero) is 1. The number of rotatable bonds is 7. The molecule has 0 radical (unpaired) electrons. The minimum absolute atomic E-state index is 0.0341. The van der Waals surface area contributed by atoms with Crippen molar-refractivity contribution in [2.75, 3.05) is 6.61 Å². The monoisotopic (exact) mass is 247 g/mol. The second-order valence-electron chi connectivity index (χ2n) is 3.93. The van der Waals surface area contributed by atoms with Crippen LogP contribution in [0.1, 0.15) is 23.2 Å². The van der Waals surface area contributed by atoms with Crippen molar-refractivity contribution in [2.45, 2.75) is 18.9 Å². The Labute approximate surface area is 106 Å². The first kappa shape index (κ1) is 14.1. The third kappa shape index (κ3) is 4.93. The zero-order valence-electron chi connectivity index (χ0n) is 10.2. The molecule has 0 heterocycles. The Morgan fingerprint density at radius 2 is 1.94 bits per heavy atom. The number of hydrogen-bond donors (Lipinski definition) is 1. The fourth-order valence-electron chi connectivity index (χ4n) is 1.48. The Hall–Kier alpha value is -1.94. The molecule has 1 aromatic rings. The average Bonchev–Trinajstić information content (AvgIpc) is 2.37. The number of esters is 1. The smallest absolute Gasteiger partial charge is 0.307 e. The third-order valence-corrected chi connectivity index (χ3v) is 2.33. The molecule has 0 saturated carbocycles. The van der Waals surface area contributed by atoms with Gasteiger partial charge in [-0.15, -0.1) is 0 Å². The maximum atomic E-state index is 11.8. The van der Waals surface area contributed by atoms with Gasteiger partial charge in [0.25, 0.3) is 0 Å². The first-order valence-corrected chi connectivity index (χ1v) is 5.74. The zero-order chi connectivity index (χ0) is 13.4. The first-order chi connectivity index (χ1) is 8.63. The Bertz CT molecular complexity index is 414.